The molecule has 0 unspecified atom stereocenters. The smallest absolute Gasteiger partial charge is 0.311 e. The molecule has 2 amide bonds. The second kappa shape index (κ2) is 8.11. The summed E-state index contributed by atoms with van der Waals surface area (Å²) in [6, 6.07) is 0. The Balaban J connectivity index is 2.30. The number of carbonyl (C=O) groups excluding carboxylic acids is 2. The highest BCUT2D eigenvalue weighted by Crippen LogP contribution is 2.30. The van der Waals surface area contributed by atoms with Crippen LogP contribution < -0.4 is 11.1 Å². The van der Waals surface area contributed by atoms with Crippen LogP contribution in [0.15, 0.2) is 0 Å². The van der Waals surface area contributed by atoms with Gasteiger partial charge in [0.25, 0.3) is 0 Å². The Hall–Kier alpha value is -1.28. The van der Waals surface area contributed by atoms with E-state index in [-0.39, 0.29) is 24.6 Å². The minimum Gasteiger partial charge on any atom is -0.481 e. The van der Waals surface area contributed by atoms with E-state index >= 15 is 0 Å². The summed E-state index contributed by atoms with van der Waals surface area (Å²) in [6.07, 6.45) is 1.04. The number of primary amides is 1. The first-order valence-corrected chi connectivity index (χ1v) is 7.56. The summed E-state index contributed by atoms with van der Waals surface area (Å²) < 4.78 is 5.16. The molecule has 0 aliphatic carbocycles. The maximum atomic E-state index is 11.6. The van der Waals surface area contributed by atoms with Crippen LogP contribution in [0.3, 0.4) is 0 Å². The molecule has 20 heavy (non-hydrogen) atoms. The van der Waals surface area contributed by atoms with Gasteiger partial charge in [0.2, 0.25) is 11.8 Å². The van der Waals surface area contributed by atoms with Crippen molar-refractivity contribution in [2.75, 3.05) is 31.3 Å². The molecule has 0 bridgehead atoms. The normalized spacial score (nSPS) is 17.4. The summed E-state index contributed by atoms with van der Waals surface area (Å²) in [5.74, 6) is -0.859. The molecule has 1 fully saturated rings. The van der Waals surface area contributed by atoms with Crippen molar-refractivity contribution in [3.63, 3.8) is 0 Å². The van der Waals surface area contributed by atoms with Gasteiger partial charge in [-0.05, 0) is 12.8 Å². The number of aliphatic carboxylic acids is 1. The van der Waals surface area contributed by atoms with E-state index < -0.39 is 17.3 Å². The monoisotopic (exact) mass is 304 g/mol. The van der Waals surface area contributed by atoms with Gasteiger partial charge < -0.3 is 20.9 Å². The van der Waals surface area contributed by atoms with Crippen LogP contribution in [0.25, 0.3) is 0 Å². The van der Waals surface area contributed by atoms with E-state index in [1.807, 2.05) is 0 Å². The van der Waals surface area contributed by atoms with Crippen molar-refractivity contribution in [1.29, 1.82) is 0 Å². The Morgan fingerprint density at radius 1 is 1.30 bits per heavy atom. The number of carboxylic acids is 1. The van der Waals surface area contributed by atoms with E-state index in [4.69, 9.17) is 10.5 Å². The Morgan fingerprint density at radius 2 is 1.95 bits per heavy atom. The second-order valence-corrected chi connectivity index (χ2v) is 5.85. The summed E-state index contributed by atoms with van der Waals surface area (Å²) in [5.41, 5.74) is 4.06. The Morgan fingerprint density at radius 3 is 2.50 bits per heavy atom. The van der Waals surface area contributed by atoms with Gasteiger partial charge in [-0.2, -0.15) is 11.8 Å². The molecule has 1 rings (SSSR count). The number of carboxylic acid groups (broad SMARTS) is 1. The third-order valence-corrected chi connectivity index (χ3v) is 4.23. The van der Waals surface area contributed by atoms with Gasteiger partial charge in [-0.1, -0.05) is 0 Å². The zero-order valence-electron chi connectivity index (χ0n) is 11.2. The first kappa shape index (κ1) is 16.8. The molecule has 1 saturated heterocycles. The van der Waals surface area contributed by atoms with Gasteiger partial charge >= 0.3 is 5.97 Å². The van der Waals surface area contributed by atoms with Crippen LogP contribution in [-0.4, -0.2) is 54.2 Å². The molecule has 0 aromatic carbocycles. The number of nitrogens with two attached hydrogens (primary N) is 1. The van der Waals surface area contributed by atoms with E-state index in [0.29, 0.717) is 31.8 Å². The Bertz CT molecular complexity index is 369. The molecule has 1 heterocycles. The molecular formula is C12H20N2O5S. The molecule has 1 aliphatic rings. The van der Waals surface area contributed by atoms with Crippen LogP contribution in [0.2, 0.25) is 0 Å². The van der Waals surface area contributed by atoms with Crippen molar-refractivity contribution in [3.05, 3.63) is 0 Å². The molecule has 0 aromatic heterocycles. The van der Waals surface area contributed by atoms with Crippen molar-refractivity contribution in [2.45, 2.75) is 19.3 Å². The SMILES string of the molecule is NC(=O)CSCCC(=O)NCC1(C(=O)O)CCOCC1. The summed E-state index contributed by atoms with van der Waals surface area (Å²) >= 11 is 1.28. The third kappa shape index (κ3) is 5.38. The predicted octanol–water partition coefficient (Wildman–Crippen LogP) is -0.407. The van der Waals surface area contributed by atoms with E-state index in [2.05, 4.69) is 5.32 Å². The lowest BCUT2D eigenvalue weighted by Gasteiger charge is -2.33. The summed E-state index contributed by atoms with van der Waals surface area (Å²) in [7, 11) is 0. The highest BCUT2D eigenvalue weighted by atomic mass is 32.2. The van der Waals surface area contributed by atoms with Crippen LogP contribution >= 0.6 is 11.8 Å². The Kier molecular flexibility index (Phi) is 6.80. The van der Waals surface area contributed by atoms with E-state index in [1.54, 1.807) is 0 Å². The highest BCUT2D eigenvalue weighted by molar-refractivity contribution is 7.99. The van der Waals surface area contributed by atoms with Crippen molar-refractivity contribution in [3.8, 4) is 0 Å². The first-order valence-electron chi connectivity index (χ1n) is 6.40. The molecule has 114 valence electrons. The van der Waals surface area contributed by atoms with Gasteiger partial charge in [0.05, 0.1) is 11.2 Å². The average Bonchev–Trinajstić information content (AvgIpc) is 2.42. The van der Waals surface area contributed by atoms with Crippen LogP contribution in [0.1, 0.15) is 19.3 Å². The maximum Gasteiger partial charge on any atom is 0.311 e. The maximum absolute atomic E-state index is 11.6. The predicted molar refractivity (Wildman–Crippen MR) is 74.3 cm³/mol. The van der Waals surface area contributed by atoms with E-state index in [9.17, 15) is 19.5 Å². The van der Waals surface area contributed by atoms with Crippen molar-refractivity contribution >= 4 is 29.5 Å². The fourth-order valence-electron chi connectivity index (χ4n) is 1.92. The first-order chi connectivity index (χ1) is 9.46. The lowest BCUT2D eigenvalue weighted by Crippen LogP contribution is -2.46. The van der Waals surface area contributed by atoms with Crippen LogP contribution in [0, 0.1) is 5.41 Å². The molecule has 1 aliphatic heterocycles. The molecule has 8 heteroatoms. The van der Waals surface area contributed by atoms with Crippen LogP contribution in [0.5, 0.6) is 0 Å². The lowest BCUT2D eigenvalue weighted by atomic mass is 9.80. The fraction of sp³-hybridized carbons (Fsp3) is 0.750. The standard InChI is InChI=1S/C12H20N2O5S/c13-9(15)7-20-6-1-10(16)14-8-12(11(17)18)2-4-19-5-3-12/h1-8H2,(H2,13,15)(H,14,16)(H,17,18). The number of amides is 2. The molecule has 0 aromatic rings. The number of thioether (sulfide) groups is 1. The largest absolute Gasteiger partial charge is 0.481 e. The van der Waals surface area contributed by atoms with E-state index in [0.717, 1.165) is 0 Å². The van der Waals surface area contributed by atoms with Crippen molar-refractivity contribution < 1.29 is 24.2 Å². The van der Waals surface area contributed by atoms with Gasteiger partial charge in [0.15, 0.2) is 0 Å². The summed E-state index contributed by atoms with van der Waals surface area (Å²) in [5, 5.41) is 12.0. The second-order valence-electron chi connectivity index (χ2n) is 4.74. The highest BCUT2D eigenvalue weighted by Gasteiger charge is 2.40. The number of rotatable bonds is 8. The molecule has 4 N–H and O–H groups in total. The zero-order chi connectivity index (χ0) is 15.0. The molecular weight excluding hydrogens is 284 g/mol. The molecule has 0 saturated carbocycles. The van der Waals surface area contributed by atoms with Crippen molar-refractivity contribution in [1.82, 2.24) is 5.32 Å². The molecule has 0 radical (unpaired) electrons. The van der Waals surface area contributed by atoms with Gasteiger partial charge in [-0.3, -0.25) is 14.4 Å². The zero-order valence-corrected chi connectivity index (χ0v) is 12.0. The van der Waals surface area contributed by atoms with Gasteiger partial charge in [-0.15, -0.1) is 0 Å². The minimum atomic E-state index is -0.922. The van der Waals surface area contributed by atoms with Crippen LogP contribution in [-0.2, 0) is 19.1 Å². The lowest BCUT2D eigenvalue weighted by molar-refractivity contribution is -0.154. The number of hydrogen-bond donors (Lipinski definition) is 3. The van der Waals surface area contributed by atoms with Crippen LogP contribution in [0.4, 0.5) is 0 Å². The van der Waals surface area contributed by atoms with Crippen molar-refractivity contribution in [2.24, 2.45) is 11.1 Å². The number of hydrogen-bond acceptors (Lipinski definition) is 5. The minimum absolute atomic E-state index is 0.116. The Labute approximate surface area is 121 Å². The number of carbonyl (C=O) groups is 3. The third-order valence-electron chi connectivity index (χ3n) is 3.25. The molecule has 0 atom stereocenters. The number of ether oxygens (including phenoxy) is 1. The summed E-state index contributed by atoms with van der Waals surface area (Å²) in [4.78, 5) is 33.5. The number of nitrogens with one attached hydrogen (secondary N) is 1. The quantitative estimate of drug-likeness (QED) is 0.525. The molecule has 7 nitrogen and oxygen atoms in total. The van der Waals surface area contributed by atoms with E-state index in [1.165, 1.54) is 11.8 Å². The average molecular weight is 304 g/mol. The molecule has 0 spiro atoms. The summed E-state index contributed by atoms with van der Waals surface area (Å²) in [6.45, 7) is 0.915. The topological polar surface area (TPSA) is 119 Å². The van der Waals surface area contributed by atoms with Gasteiger partial charge in [0.1, 0.15) is 0 Å². The van der Waals surface area contributed by atoms with Gasteiger partial charge in [-0.25, -0.2) is 0 Å². The fourth-order valence-corrected chi connectivity index (χ4v) is 2.60. The van der Waals surface area contributed by atoms with Gasteiger partial charge in [0, 0.05) is 31.9 Å².